The molecule has 1 saturated heterocycles. The van der Waals surface area contributed by atoms with Gasteiger partial charge in [-0.2, -0.15) is 0 Å². The van der Waals surface area contributed by atoms with Crippen molar-refractivity contribution < 1.29 is 9.90 Å². The summed E-state index contributed by atoms with van der Waals surface area (Å²) in [6, 6.07) is 6.94. The van der Waals surface area contributed by atoms with Crippen molar-refractivity contribution in [1.29, 1.82) is 0 Å². The number of rotatable bonds is 4. The van der Waals surface area contributed by atoms with Gasteiger partial charge >= 0.3 is 11.7 Å². The fraction of sp³-hybridized carbons (Fsp3) is 0.353. The number of H-pyrrole nitrogens is 1. The van der Waals surface area contributed by atoms with Crippen LogP contribution in [0.5, 0.6) is 0 Å². The molecule has 1 aliphatic rings. The van der Waals surface area contributed by atoms with Crippen molar-refractivity contribution in [3.05, 3.63) is 61.9 Å². The minimum absolute atomic E-state index is 0.115. The Hall–Kier alpha value is -2.67. The number of hydrogen-bond donors (Lipinski definition) is 2. The smallest absolute Gasteiger partial charge is 0.352 e. The van der Waals surface area contributed by atoms with Crippen LogP contribution in [0.3, 0.4) is 0 Å². The van der Waals surface area contributed by atoms with Crippen LogP contribution in [0.25, 0.3) is 5.69 Å². The SMILES string of the molecule is Cc1ccc(-n2c(=O)[nH]c(C(=O)O)c(CN3CCCC3)c2=O)cc1. The van der Waals surface area contributed by atoms with Crippen LogP contribution in [-0.2, 0) is 6.54 Å². The largest absolute Gasteiger partial charge is 0.477 e. The van der Waals surface area contributed by atoms with Gasteiger partial charge in [-0.05, 0) is 45.0 Å². The Bertz CT molecular complexity index is 874. The van der Waals surface area contributed by atoms with Gasteiger partial charge in [-0.15, -0.1) is 0 Å². The number of aromatic carboxylic acids is 1. The monoisotopic (exact) mass is 329 g/mol. The lowest BCUT2D eigenvalue weighted by Crippen LogP contribution is -2.40. The van der Waals surface area contributed by atoms with Crippen molar-refractivity contribution in [3.8, 4) is 5.69 Å². The molecule has 0 atom stereocenters. The molecule has 1 aromatic heterocycles. The molecular weight excluding hydrogens is 310 g/mol. The Labute approximate surface area is 138 Å². The lowest BCUT2D eigenvalue weighted by atomic mass is 10.2. The molecule has 7 nitrogen and oxygen atoms in total. The zero-order chi connectivity index (χ0) is 17.3. The van der Waals surface area contributed by atoms with Gasteiger partial charge in [0.05, 0.1) is 11.3 Å². The Kier molecular flexibility index (Phi) is 4.35. The van der Waals surface area contributed by atoms with Crippen LogP contribution in [0.4, 0.5) is 0 Å². The molecule has 1 fully saturated rings. The Morgan fingerprint density at radius 3 is 2.38 bits per heavy atom. The first-order valence-corrected chi connectivity index (χ1v) is 7.88. The van der Waals surface area contributed by atoms with E-state index in [1.807, 2.05) is 11.8 Å². The summed E-state index contributed by atoms with van der Waals surface area (Å²) >= 11 is 0. The predicted octanol–water partition coefficient (Wildman–Crippen LogP) is 1.13. The highest BCUT2D eigenvalue weighted by Gasteiger charge is 2.23. The quantitative estimate of drug-likeness (QED) is 0.877. The number of hydrogen-bond acceptors (Lipinski definition) is 4. The van der Waals surface area contributed by atoms with Gasteiger partial charge in [0.15, 0.2) is 0 Å². The van der Waals surface area contributed by atoms with Crippen LogP contribution in [0, 0.1) is 6.92 Å². The second-order valence-corrected chi connectivity index (χ2v) is 6.05. The molecular formula is C17H19N3O4. The maximum atomic E-state index is 12.8. The fourth-order valence-corrected chi connectivity index (χ4v) is 2.99. The van der Waals surface area contributed by atoms with Gasteiger partial charge in [0, 0.05) is 6.54 Å². The number of aromatic amines is 1. The molecule has 3 rings (SSSR count). The number of carboxylic acid groups (broad SMARTS) is 1. The van der Waals surface area contributed by atoms with Crippen molar-refractivity contribution in [2.45, 2.75) is 26.3 Å². The Balaban J connectivity index is 2.16. The molecule has 0 amide bonds. The first-order valence-electron chi connectivity index (χ1n) is 7.88. The number of nitrogens with zero attached hydrogens (tertiary/aromatic N) is 2. The topological polar surface area (TPSA) is 95.4 Å². The number of nitrogens with one attached hydrogen (secondary N) is 1. The summed E-state index contributed by atoms with van der Waals surface area (Å²) in [7, 11) is 0. The van der Waals surface area contributed by atoms with E-state index in [-0.39, 0.29) is 17.8 Å². The molecule has 0 unspecified atom stereocenters. The van der Waals surface area contributed by atoms with E-state index in [1.54, 1.807) is 24.3 Å². The minimum atomic E-state index is -1.30. The molecule has 126 valence electrons. The summed E-state index contributed by atoms with van der Waals surface area (Å²) in [5.74, 6) is -1.30. The van der Waals surface area contributed by atoms with Gasteiger partial charge in [-0.3, -0.25) is 9.69 Å². The Morgan fingerprint density at radius 1 is 1.17 bits per heavy atom. The van der Waals surface area contributed by atoms with E-state index in [4.69, 9.17) is 0 Å². The lowest BCUT2D eigenvalue weighted by Gasteiger charge is -2.16. The zero-order valence-electron chi connectivity index (χ0n) is 13.4. The highest BCUT2D eigenvalue weighted by Crippen LogP contribution is 2.13. The van der Waals surface area contributed by atoms with E-state index < -0.39 is 17.2 Å². The summed E-state index contributed by atoms with van der Waals surface area (Å²) < 4.78 is 0.997. The predicted molar refractivity (Wildman–Crippen MR) is 88.9 cm³/mol. The van der Waals surface area contributed by atoms with Crippen LogP contribution in [0.1, 0.15) is 34.5 Å². The van der Waals surface area contributed by atoms with Gasteiger partial charge in [0.25, 0.3) is 5.56 Å². The molecule has 2 aromatic rings. The average molecular weight is 329 g/mol. The fourth-order valence-electron chi connectivity index (χ4n) is 2.99. The van der Waals surface area contributed by atoms with Crippen LogP contribution in [0.15, 0.2) is 33.9 Å². The normalized spacial score (nSPS) is 14.9. The first-order chi connectivity index (χ1) is 11.5. The molecule has 2 N–H and O–H groups in total. The van der Waals surface area contributed by atoms with E-state index >= 15 is 0 Å². The van der Waals surface area contributed by atoms with Crippen molar-refractivity contribution in [3.63, 3.8) is 0 Å². The molecule has 0 bridgehead atoms. The van der Waals surface area contributed by atoms with E-state index in [9.17, 15) is 19.5 Å². The second-order valence-electron chi connectivity index (χ2n) is 6.05. The maximum Gasteiger partial charge on any atom is 0.352 e. The van der Waals surface area contributed by atoms with E-state index in [1.165, 1.54) is 0 Å². The highest BCUT2D eigenvalue weighted by atomic mass is 16.4. The maximum absolute atomic E-state index is 12.8. The lowest BCUT2D eigenvalue weighted by molar-refractivity contribution is 0.0687. The summed E-state index contributed by atoms with van der Waals surface area (Å²) in [5, 5.41) is 9.35. The van der Waals surface area contributed by atoms with Crippen molar-refractivity contribution in [2.75, 3.05) is 13.1 Å². The third kappa shape index (κ3) is 3.03. The number of carboxylic acids is 1. The van der Waals surface area contributed by atoms with Gasteiger partial charge in [0.2, 0.25) is 0 Å². The number of carbonyl (C=O) groups is 1. The third-order valence-corrected chi connectivity index (χ3v) is 4.28. The summed E-state index contributed by atoms with van der Waals surface area (Å²) in [6.45, 7) is 3.77. The molecule has 0 spiro atoms. The molecule has 0 saturated carbocycles. The molecule has 7 heteroatoms. The molecule has 0 radical (unpaired) electrons. The van der Waals surface area contributed by atoms with Gasteiger partial charge in [-0.1, -0.05) is 17.7 Å². The van der Waals surface area contributed by atoms with E-state index in [0.717, 1.165) is 36.1 Å². The molecule has 24 heavy (non-hydrogen) atoms. The highest BCUT2D eigenvalue weighted by molar-refractivity contribution is 5.86. The van der Waals surface area contributed by atoms with Crippen molar-refractivity contribution in [1.82, 2.24) is 14.5 Å². The summed E-state index contributed by atoms with van der Waals surface area (Å²) in [4.78, 5) is 40.9. The minimum Gasteiger partial charge on any atom is -0.477 e. The molecule has 1 aliphatic heterocycles. The van der Waals surface area contributed by atoms with E-state index in [0.29, 0.717) is 5.69 Å². The van der Waals surface area contributed by atoms with Crippen LogP contribution < -0.4 is 11.2 Å². The van der Waals surface area contributed by atoms with Crippen molar-refractivity contribution in [2.24, 2.45) is 0 Å². The average Bonchev–Trinajstić information content (AvgIpc) is 3.04. The Morgan fingerprint density at radius 2 is 1.79 bits per heavy atom. The number of benzene rings is 1. The van der Waals surface area contributed by atoms with E-state index in [2.05, 4.69) is 4.98 Å². The summed E-state index contributed by atoms with van der Waals surface area (Å²) in [6.07, 6.45) is 2.05. The van der Waals surface area contributed by atoms with Crippen LogP contribution in [0.2, 0.25) is 0 Å². The molecule has 2 heterocycles. The standard InChI is InChI=1S/C17H19N3O4/c1-11-4-6-12(7-5-11)20-15(21)13(10-19-8-2-3-9-19)14(16(22)23)18-17(20)24/h4-7H,2-3,8-10H2,1H3,(H,18,24)(H,22,23). The molecule has 0 aliphatic carbocycles. The number of aryl methyl sites for hydroxylation is 1. The third-order valence-electron chi connectivity index (χ3n) is 4.28. The van der Waals surface area contributed by atoms with Gasteiger partial charge in [-0.25, -0.2) is 14.2 Å². The van der Waals surface area contributed by atoms with Crippen molar-refractivity contribution >= 4 is 5.97 Å². The van der Waals surface area contributed by atoms with Gasteiger partial charge < -0.3 is 10.1 Å². The van der Waals surface area contributed by atoms with Gasteiger partial charge in [0.1, 0.15) is 5.69 Å². The second kappa shape index (κ2) is 6.45. The number of likely N-dealkylation sites (tertiary alicyclic amines) is 1. The van der Waals surface area contributed by atoms with Crippen LogP contribution >= 0.6 is 0 Å². The number of aromatic nitrogens is 2. The molecule has 1 aromatic carbocycles. The first kappa shape index (κ1) is 16.2. The van der Waals surface area contributed by atoms with Crippen LogP contribution in [-0.4, -0.2) is 38.6 Å². The summed E-state index contributed by atoms with van der Waals surface area (Å²) in [5.41, 5.74) is -0.0997. The zero-order valence-corrected chi connectivity index (χ0v) is 13.4.